The van der Waals surface area contributed by atoms with Crippen molar-refractivity contribution in [2.45, 2.75) is 45.5 Å². The van der Waals surface area contributed by atoms with Crippen LogP contribution in [0.2, 0.25) is 0 Å². The molecule has 0 aliphatic heterocycles. The number of pyridine rings is 1. The lowest BCUT2D eigenvalue weighted by Crippen LogP contribution is -2.46. The number of carbonyl (C=O) groups excluding carboxylic acids is 1. The number of ether oxygens (including phenoxy) is 1. The van der Waals surface area contributed by atoms with Crippen LogP contribution in [0.5, 0.6) is 0 Å². The highest BCUT2D eigenvalue weighted by Gasteiger charge is 2.55. The van der Waals surface area contributed by atoms with Gasteiger partial charge >= 0.3 is 12.1 Å². The van der Waals surface area contributed by atoms with Crippen LogP contribution in [0.25, 0.3) is 11.1 Å². The summed E-state index contributed by atoms with van der Waals surface area (Å²) in [6.45, 7) is 12.0. The average molecular weight is 452 g/mol. The molecule has 0 bridgehead atoms. The normalized spacial score (nSPS) is 14.2. The van der Waals surface area contributed by atoms with Crippen molar-refractivity contribution in [2.24, 2.45) is 10.8 Å². The Labute approximate surface area is 184 Å². The number of nitrogens with zero attached hydrogens (tertiary/aromatic N) is 3. The van der Waals surface area contributed by atoms with E-state index in [2.05, 4.69) is 18.3 Å². The van der Waals surface area contributed by atoms with E-state index in [4.69, 9.17) is 10.6 Å². The van der Waals surface area contributed by atoms with Gasteiger partial charge in [-0.2, -0.15) is 13.2 Å². The molecule has 0 aromatic carbocycles. The van der Waals surface area contributed by atoms with Crippen molar-refractivity contribution in [1.29, 1.82) is 0 Å². The molecule has 2 rings (SSSR count). The maximum Gasteiger partial charge on any atom is 0.423 e. The highest BCUT2D eigenvalue weighted by atomic mass is 19.4. The highest BCUT2D eigenvalue weighted by molar-refractivity contribution is 5.99. The number of carbonyl (C=O) groups is 1. The van der Waals surface area contributed by atoms with Crippen molar-refractivity contribution in [3.8, 4) is 0 Å². The third kappa shape index (κ3) is 4.86. The van der Waals surface area contributed by atoms with Gasteiger partial charge in [-0.3, -0.25) is 4.99 Å². The second-order valence-electron chi connectivity index (χ2n) is 7.30. The van der Waals surface area contributed by atoms with Gasteiger partial charge < -0.3 is 19.3 Å². The van der Waals surface area contributed by atoms with Crippen LogP contribution in [0, 0.1) is 0 Å². The largest absolute Gasteiger partial charge is 0.462 e. The van der Waals surface area contributed by atoms with Crippen molar-refractivity contribution in [1.82, 2.24) is 9.41 Å². The van der Waals surface area contributed by atoms with E-state index in [9.17, 15) is 23.1 Å². The van der Waals surface area contributed by atoms with Gasteiger partial charge in [-0.25, -0.2) is 10.6 Å². The van der Waals surface area contributed by atoms with Gasteiger partial charge in [0.05, 0.1) is 29.9 Å². The lowest BCUT2D eigenvalue weighted by molar-refractivity contribution is -0.245. The highest BCUT2D eigenvalue weighted by Crippen LogP contribution is 2.39. The van der Waals surface area contributed by atoms with Crippen molar-refractivity contribution in [3.63, 3.8) is 0 Å². The number of aromatic nitrogens is 1. The number of nitrogens with two attached hydrogens (primary N) is 1. The minimum absolute atomic E-state index is 0.00192. The number of hydrogen-bond acceptors (Lipinski definition) is 6. The van der Waals surface area contributed by atoms with Crippen LogP contribution in [-0.2, 0) is 11.3 Å². The van der Waals surface area contributed by atoms with Crippen LogP contribution in [0.1, 0.15) is 48.7 Å². The molecule has 0 amide bonds. The minimum Gasteiger partial charge on any atom is -0.462 e. The summed E-state index contributed by atoms with van der Waals surface area (Å²) >= 11 is 0. The molecule has 0 saturated heterocycles. The monoisotopic (exact) mass is 452 g/mol. The van der Waals surface area contributed by atoms with Gasteiger partial charge in [0.2, 0.25) is 5.60 Å². The second-order valence-corrected chi connectivity index (χ2v) is 7.30. The Morgan fingerprint density at radius 3 is 2.50 bits per heavy atom. The Morgan fingerprint density at radius 2 is 2.00 bits per heavy atom. The van der Waals surface area contributed by atoms with E-state index in [0.29, 0.717) is 27.8 Å². The van der Waals surface area contributed by atoms with Crippen LogP contribution in [0.4, 0.5) is 13.2 Å². The lowest BCUT2D eigenvalue weighted by atomic mass is 9.96. The predicted octanol–water partition coefficient (Wildman–Crippen LogP) is 4.07. The van der Waals surface area contributed by atoms with E-state index in [0.717, 1.165) is 11.2 Å². The van der Waals surface area contributed by atoms with E-state index >= 15 is 0 Å². The van der Waals surface area contributed by atoms with Gasteiger partial charge in [-0.05, 0) is 44.2 Å². The van der Waals surface area contributed by atoms with E-state index < -0.39 is 29.9 Å². The zero-order valence-electron chi connectivity index (χ0n) is 18.2. The standard InChI is InChI=1S/C22H27F3N4O3/c1-6-21(31,22(23,24)25)18(27-5)13-29(26)11-15-8-9-17-19(14(3)4)16(12-28(17)10-15)20(30)32-7-2/h8-10,12-13,31H,3,5-7,11,26H2,1-2,4H3/b18-13-. The first-order valence-corrected chi connectivity index (χ1v) is 9.85. The summed E-state index contributed by atoms with van der Waals surface area (Å²) in [6, 6.07) is 3.48. The molecule has 1 atom stereocenters. The first kappa shape index (κ1) is 25.2. The zero-order valence-corrected chi connectivity index (χ0v) is 18.2. The Morgan fingerprint density at radius 1 is 1.34 bits per heavy atom. The summed E-state index contributed by atoms with van der Waals surface area (Å²) in [5.41, 5.74) is -0.833. The molecule has 0 aliphatic rings. The summed E-state index contributed by atoms with van der Waals surface area (Å²) in [7, 11) is 0. The summed E-state index contributed by atoms with van der Waals surface area (Å²) in [5, 5.41) is 11.1. The third-order valence-corrected chi connectivity index (χ3v) is 4.98. The van der Waals surface area contributed by atoms with Crippen molar-refractivity contribution >= 4 is 23.8 Å². The molecule has 0 radical (unpaired) electrons. The summed E-state index contributed by atoms with van der Waals surface area (Å²) < 4.78 is 46.8. The number of allylic oxidation sites excluding steroid dienone is 1. The van der Waals surface area contributed by atoms with Gasteiger partial charge in [0, 0.05) is 24.2 Å². The maximum atomic E-state index is 13.3. The number of rotatable bonds is 9. The number of aliphatic imine (C=N–C) groups is 1. The van der Waals surface area contributed by atoms with Crippen LogP contribution in [-0.4, -0.2) is 45.6 Å². The van der Waals surface area contributed by atoms with Crippen LogP contribution in [0.15, 0.2) is 48.0 Å². The fraction of sp³-hybridized carbons (Fsp3) is 0.364. The van der Waals surface area contributed by atoms with Gasteiger partial charge in [-0.1, -0.05) is 19.6 Å². The zero-order chi connectivity index (χ0) is 24.3. The molecular weight excluding hydrogens is 425 g/mol. The lowest BCUT2D eigenvalue weighted by Gasteiger charge is -2.30. The molecule has 0 spiro atoms. The maximum absolute atomic E-state index is 13.3. The van der Waals surface area contributed by atoms with E-state index in [-0.39, 0.29) is 13.2 Å². The molecule has 0 aliphatic carbocycles. The number of halogens is 3. The first-order chi connectivity index (χ1) is 14.9. The summed E-state index contributed by atoms with van der Waals surface area (Å²) in [6.07, 6.45) is -1.39. The van der Waals surface area contributed by atoms with Crippen LogP contribution in [0.3, 0.4) is 0 Å². The van der Waals surface area contributed by atoms with Gasteiger partial charge in [-0.15, -0.1) is 0 Å². The molecule has 32 heavy (non-hydrogen) atoms. The molecule has 2 aromatic rings. The summed E-state index contributed by atoms with van der Waals surface area (Å²) in [5.74, 6) is 5.41. The van der Waals surface area contributed by atoms with Crippen LogP contribution >= 0.6 is 0 Å². The molecular formula is C22H27F3N4O3. The second kappa shape index (κ2) is 9.58. The predicted molar refractivity (Wildman–Crippen MR) is 117 cm³/mol. The molecule has 0 saturated carbocycles. The molecule has 2 aromatic heterocycles. The van der Waals surface area contributed by atoms with Gasteiger partial charge in [0.15, 0.2) is 0 Å². The van der Waals surface area contributed by atoms with E-state index in [1.807, 2.05) is 0 Å². The number of esters is 1. The van der Waals surface area contributed by atoms with Crippen molar-refractivity contribution in [2.75, 3.05) is 6.61 Å². The first-order valence-electron chi connectivity index (χ1n) is 9.85. The SMILES string of the molecule is C=N/C(=C\N(N)Cc1ccc2c(C(=C)C)c(C(=O)OCC)cn2c1)C(O)(CC)C(F)(F)F. The Balaban J connectivity index is 2.40. The van der Waals surface area contributed by atoms with Gasteiger partial charge in [0.1, 0.15) is 0 Å². The fourth-order valence-corrected chi connectivity index (χ4v) is 3.35. The molecule has 2 heterocycles. The fourth-order valence-electron chi connectivity index (χ4n) is 3.35. The van der Waals surface area contributed by atoms with E-state index in [1.165, 1.54) is 6.92 Å². The molecule has 174 valence electrons. The number of fused-ring (bicyclic) bond motifs is 1. The Bertz CT molecular complexity index is 1060. The number of alkyl halides is 3. The molecule has 3 N–H and O–H groups in total. The summed E-state index contributed by atoms with van der Waals surface area (Å²) in [4.78, 5) is 15.7. The number of aliphatic hydroxyl groups is 1. The quantitative estimate of drug-likeness (QED) is 0.259. The van der Waals surface area contributed by atoms with Gasteiger partial charge in [0.25, 0.3) is 0 Å². The van der Waals surface area contributed by atoms with Crippen LogP contribution < -0.4 is 5.84 Å². The topological polar surface area (TPSA) is 92.6 Å². The smallest absolute Gasteiger partial charge is 0.423 e. The Hall–Kier alpha value is -3.11. The van der Waals surface area contributed by atoms with Crippen molar-refractivity contribution < 1.29 is 27.8 Å². The third-order valence-electron chi connectivity index (χ3n) is 4.98. The Kier molecular flexibility index (Phi) is 7.53. The number of hydrazine groups is 1. The van der Waals surface area contributed by atoms with Crippen molar-refractivity contribution in [3.05, 3.63) is 59.7 Å². The molecule has 1 unspecified atom stereocenters. The van der Waals surface area contributed by atoms with E-state index in [1.54, 1.807) is 42.8 Å². The average Bonchev–Trinajstić information content (AvgIpc) is 3.09. The minimum atomic E-state index is -4.94. The molecule has 7 nitrogen and oxygen atoms in total. The molecule has 0 fully saturated rings. The number of hydrogen-bond donors (Lipinski definition) is 2. The molecule has 10 heteroatoms.